The van der Waals surface area contributed by atoms with Crippen molar-refractivity contribution < 1.29 is 27.8 Å². The number of hydrogen-bond donors (Lipinski definition) is 2. The molecular formula is C12H14FNO5S. The third-order valence-corrected chi connectivity index (χ3v) is 4.95. The molecule has 6 nitrogen and oxygen atoms in total. The monoisotopic (exact) mass is 303 g/mol. The summed E-state index contributed by atoms with van der Waals surface area (Å²) in [5.41, 5.74) is 0.358. The quantitative estimate of drug-likeness (QED) is 0.827. The summed E-state index contributed by atoms with van der Waals surface area (Å²) in [6, 6.07) is 3.68. The highest BCUT2D eigenvalue weighted by Gasteiger charge is 2.42. The number of β-amino-alcohol motifs (C(OH)–C–C–N with tert-alkyl or cyclic N) is 1. The largest absolute Gasteiger partial charge is 0.480 e. The van der Waals surface area contributed by atoms with Crippen LogP contribution in [0.5, 0.6) is 0 Å². The number of rotatable bonds is 4. The standard InChI is InChI=1S/C12H14FNO5S/c13-9-3-1-8(2-4-9)7-20(18,19)14-6-10(15)5-11(14)12(16)17/h1-4,10-11,15H,5-7H2,(H,16,17)/t10?,11-/m0/s1. The molecule has 1 heterocycles. The van der Waals surface area contributed by atoms with Gasteiger partial charge >= 0.3 is 5.97 Å². The molecule has 0 bridgehead atoms. The normalized spacial score (nSPS) is 23.9. The van der Waals surface area contributed by atoms with Crippen molar-refractivity contribution in [3.63, 3.8) is 0 Å². The van der Waals surface area contributed by atoms with E-state index in [9.17, 15) is 22.7 Å². The Labute approximate surface area is 115 Å². The predicted octanol–water partition coefficient (Wildman–Crippen LogP) is 0.175. The summed E-state index contributed by atoms with van der Waals surface area (Å²) in [6.07, 6.45) is -1.11. The van der Waals surface area contributed by atoms with Gasteiger partial charge in [0.1, 0.15) is 11.9 Å². The molecule has 2 N–H and O–H groups in total. The average Bonchev–Trinajstić information content (AvgIpc) is 2.75. The summed E-state index contributed by atoms with van der Waals surface area (Å²) in [6.45, 7) is -0.236. The van der Waals surface area contributed by atoms with Crippen LogP contribution in [0.4, 0.5) is 4.39 Å². The molecular weight excluding hydrogens is 289 g/mol. The summed E-state index contributed by atoms with van der Waals surface area (Å²) >= 11 is 0. The molecule has 0 spiro atoms. The van der Waals surface area contributed by atoms with Gasteiger partial charge in [0.2, 0.25) is 10.0 Å². The lowest BCUT2D eigenvalue weighted by Crippen LogP contribution is -2.41. The van der Waals surface area contributed by atoms with E-state index in [0.29, 0.717) is 5.56 Å². The van der Waals surface area contributed by atoms with Crippen molar-refractivity contribution in [3.8, 4) is 0 Å². The third kappa shape index (κ3) is 3.14. The highest BCUT2D eigenvalue weighted by molar-refractivity contribution is 7.88. The minimum absolute atomic E-state index is 0.127. The summed E-state index contributed by atoms with van der Waals surface area (Å²) in [5, 5.41) is 18.5. The van der Waals surface area contributed by atoms with Crippen LogP contribution in [0.1, 0.15) is 12.0 Å². The maximum absolute atomic E-state index is 12.8. The minimum Gasteiger partial charge on any atom is -0.480 e. The van der Waals surface area contributed by atoms with Crippen molar-refractivity contribution in [2.24, 2.45) is 0 Å². The van der Waals surface area contributed by atoms with Gasteiger partial charge in [-0.3, -0.25) is 4.79 Å². The number of halogens is 1. The fourth-order valence-electron chi connectivity index (χ4n) is 2.19. The van der Waals surface area contributed by atoms with Gasteiger partial charge in [0.15, 0.2) is 0 Å². The van der Waals surface area contributed by atoms with Crippen molar-refractivity contribution >= 4 is 16.0 Å². The second-order valence-electron chi connectivity index (χ2n) is 4.70. The SMILES string of the molecule is O=C(O)[C@@H]1CC(O)CN1S(=O)(=O)Cc1ccc(F)cc1. The van der Waals surface area contributed by atoms with Crippen LogP contribution in [0, 0.1) is 5.82 Å². The number of aliphatic hydroxyl groups excluding tert-OH is 1. The Bertz CT molecular complexity index is 601. The number of nitrogens with zero attached hydrogens (tertiary/aromatic N) is 1. The van der Waals surface area contributed by atoms with Crippen LogP contribution in [-0.4, -0.2) is 47.6 Å². The van der Waals surface area contributed by atoms with Crippen LogP contribution in [-0.2, 0) is 20.6 Å². The zero-order valence-electron chi connectivity index (χ0n) is 10.4. The first-order valence-corrected chi connectivity index (χ1v) is 7.55. The molecule has 0 aliphatic carbocycles. The molecule has 110 valence electrons. The van der Waals surface area contributed by atoms with Gasteiger partial charge in [0.05, 0.1) is 11.9 Å². The first-order valence-electron chi connectivity index (χ1n) is 5.94. The first-order chi connectivity index (χ1) is 9.29. The molecule has 1 aromatic rings. The molecule has 1 saturated heterocycles. The number of aliphatic hydroxyl groups is 1. The van der Waals surface area contributed by atoms with Gasteiger partial charge in [-0.15, -0.1) is 0 Å². The highest BCUT2D eigenvalue weighted by atomic mass is 32.2. The summed E-state index contributed by atoms with van der Waals surface area (Å²) in [4.78, 5) is 11.0. The fraction of sp³-hybridized carbons (Fsp3) is 0.417. The van der Waals surface area contributed by atoms with Crippen LogP contribution >= 0.6 is 0 Å². The Balaban J connectivity index is 2.21. The summed E-state index contributed by atoms with van der Waals surface area (Å²) in [7, 11) is -3.88. The first kappa shape index (κ1) is 14.9. The van der Waals surface area contributed by atoms with Gasteiger partial charge in [-0.25, -0.2) is 12.8 Å². The van der Waals surface area contributed by atoms with Gasteiger partial charge < -0.3 is 10.2 Å². The molecule has 1 aliphatic heterocycles. The number of benzene rings is 1. The maximum atomic E-state index is 12.8. The predicted molar refractivity (Wildman–Crippen MR) is 67.8 cm³/mol. The van der Waals surface area contributed by atoms with Crippen LogP contribution in [0.15, 0.2) is 24.3 Å². The molecule has 1 unspecified atom stereocenters. The van der Waals surface area contributed by atoms with Crippen LogP contribution in [0.2, 0.25) is 0 Å². The number of carboxylic acid groups (broad SMARTS) is 1. The molecule has 0 amide bonds. The van der Waals surface area contributed by atoms with Crippen LogP contribution in [0.3, 0.4) is 0 Å². The van der Waals surface area contributed by atoms with Crippen LogP contribution < -0.4 is 0 Å². The number of carboxylic acids is 1. The van der Waals surface area contributed by atoms with E-state index in [1.165, 1.54) is 12.1 Å². The van der Waals surface area contributed by atoms with E-state index in [-0.39, 0.29) is 13.0 Å². The fourth-order valence-corrected chi connectivity index (χ4v) is 3.93. The molecule has 0 aromatic heterocycles. The van der Waals surface area contributed by atoms with E-state index in [1.807, 2.05) is 0 Å². The third-order valence-electron chi connectivity index (χ3n) is 3.14. The van der Waals surface area contributed by atoms with Gasteiger partial charge in [0.25, 0.3) is 0 Å². The molecule has 2 rings (SSSR count). The van der Waals surface area contributed by atoms with Crippen molar-refractivity contribution in [1.82, 2.24) is 4.31 Å². The Morgan fingerprint density at radius 1 is 1.35 bits per heavy atom. The molecule has 0 saturated carbocycles. The molecule has 0 radical (unpaired) electrons. The van der Waals surface area contributed by atoms with E-state index >= 15 is 0 Å². The lowest BCUT2D eigenvalue weighted by molar-refractivity contribution is -0.140. The van der Waals surface area contributed by atoms with Gasteiger partial charge in [-0.1, -0.05) is 12.1 Å². The average molecular weight is 303 g/mol. The van der Waals surface area contributed by atoms with E-state index < -0.39 is 39.7 Å². The summed E-state index contributed by atoms with van der Waals surface area (Å²) in [5.74, 6) is -2.19. The number of sulfonamides is 1. The van der Waals surface area contributed by atoms with Crippen molar-refractivity contribution in [3.05, 3.63) is 35.6 Å². The van der Waals surface area contributed by atoms with Crippen molar-refractivity contribution in [2.75, 3.05) is 6.54 Å². The highest BCUT2D eigenvalue weighted by Crippen LogP contribution is 2.24. The molecule has 20 heavy (non-hydrogen) atoms. The Kier molecular flexibility index (Phi) is 4.07. The molecule has 1 aliphatic rings. The summed E-state index contributed by atoms with van der Waals surface area (Å²) < 4.78 is 38.0. The van der Waals surface area contributed by atoms with Gasteiger partial charge in [-0.2, -0.15) is 4.31 Å². The van der Waals surface area contributed by atoms with E-state index in [1.54, 1.807) is 0 Å². The molecule has 1 aromatic carbocycles. The lowest BCUT2D eigenvalue weighted by Gasteiger charge is -2.20. The molecule has 8 heteroatoms. The number of hydrogen-bond acceptors (Lipinski definition) is 4. The number of aliphatic carboxylic acids is 1. The topological polar surface area (TPSA) is 94.9 Å². The maximum Gasteiger partial charge on any atom is 0.322 e. The van der Waals surface area contributed by atoms with Crippen molar-refractivity contribution in [2.45, 2.75) is 24.3 Å². The minimum atomic E-state index is -3.88. The lowest BCUT2D eigenvalue weighted by atomic mass is 10.2. The molecule has 1 fully saturated rings. The van der Waals surface area contributed by atoms with E-state index in [2.05, 4.69) is 0 Å². The van der Waals surface area contributed by atoms with E-state index in [4.69, 9.17) is 5.11 Å². The zero-order valence-corrected chi connectivity index (χ0v) is 11.3. The number of carbonyl (C=O) groups is 1. The Morgan fingerprint density at radius 3 is 2.50 bits per heavy atom. The van der Waals surface area contributed by atoms with Crippen LogP contribution in [0.25, 0.3) is 0 Å². The Morgan fingerprint density at radius 2 is 1.95 bits per heavy atom. The van der Waals surface area contributed by atoms with E-state index in [0.717, 1.165) is 16.4 Å². The second-order valence-corrected chi connectivity index (χ2v) is 6.62. The van der Waals surface area contributed by atoms with Gasteiger partial charge in [0, 0.05) is 13.0 Å². The smallest absolute Gasteiger partial charge is 0.322 e. The van der Waals surface area contributed by atoms with Gasteiger partial charge in [-0.05, 0) is 17.7 Å². The zero-order chi connectivity index (χ0) is 14.9. The second kappa shape index (κ2) is 5.47. The van der Waals surface area contributed by atoms with Crippen molar-refractivity contribution in [1.29, 1.82) is 0 Å². The molecule has 2 atom stereocenters. The Hall–Kier alpha value is -1.51.